The molecule has 0 radical (unpaired) electrons. The smallest absolute Gasteiger partial charge is 0.317 e. The highest BCUT2D eigenvalue weighted by molar-refractivity contribution is 5.74. The highest BCUT2D eigenvalue weighted by Crippen LogP contribution is 2.30. The molecule has 26 heavy (non-hydrogen) atoms. The van der Waals surface area contributed by atoms with Crippen LogP contribution in [0.15, 0.2) is 4.52 Å². The lowest BCUT2D eigenvalue weighted by molar-refractivity contribution is 0.0927. The summed E-state index contributed by atoms with van der Waals surface area (Å²) in [7, 11) is 0. The number of amides is 2. The highest BCUT2D eigenvalue weighted by Gasteiger charge is 2.34. The quantitative estimate of drug-likeness (QED) is 0.890. The standard InChI is InChI=1S/C19H33N5O2/c1-14(2)20-19(25)24-10-6-4-5-7-17(24)16-8-11-23(12-9-16)13-18-21-15(3)22-26-18/h14,16-17H,4-13H2,1-3H3,(H,20,25). The van der Waals surface area contributed by atoms with E-state index in [0.29, 0.717) is 23.7 Å². The number of urea groups is 1. The fraction of sp³-hybridized carbons (Fsp3) is 0.842. The predicted octanol–water partition coefficient (Wildman–Crippen LogP) is 2.95. The normalized spacial score (nSPS) is 23.2. The Bertz CT molecular complexity index is 580. The van der Waals surface area contributed by atoms with E-state index >= 15 is 0 Å². The first kappa shape index (κ1) is 19.1. The molecule has 1 unspecified atom stereocenters. The van der Waals surface area contributed by atoms with E-state index in [-0.39, 0.29) is 12.1 Å². The van der Waals surface area contributed by atoms with Gasteiger partial charge < -0.3 is 14.7 Å². The summed E-state index contributed by atoms with van der Waals surface area (Å²) in [6.45, 7) is 9.60. The number of nitrogens with one attached hydrogen (secondary N) is 1. The van der Waals surface area contributed by atoms with Crippen LogP contribution in [-0.2, 0) is 6.54 Å². The summed E-state index contributed by atoms with van der Waals surface area (Å²) in [4.78, 5) is 21.5. The maximum Gasteiger partial charge on any atom is 0.317 e. The number of hydrogen-bond donors (Lipinski definition) is 1. The van der Waals surface area contributed by atoms with Crippen molar-refractivity contribution in [1.29, 1.82) is 0 Å². The molecule has 2 aliphatic heterocycles. The summed E-state index contributed by atoms with van der Waals surface area (Å²) in [5.74, 6) is 1.99. The molecule has 146 valence electrons. The van der Waals surface area contributed by atoms with Gasteiger partial charge in [0.15, 0.2) is 5.82 Å². The van der Waals surface area contributed by atoms with Crippen LogP contribution < -0.4 is 5.32 Å². The molecule has 0 bridgehead atoms. The Hall–Kier alpha value is -1.63. The number of hydrogen-bond acceptors (Lipinski definition) is 5. The van der Waals surface area contributed by atoms with Crippen LogP contribution in [0.2, 0.25) is 0 Å². The van der Waals surface area contributed by atoms with Crippen molar-refractivity contribution in [2.75, 3.05) is 19.6 Å². The lowest BCUT2D eigenvalue weighted by Gasteiger charge is -2.40. The Labute approximate surface area is 156 Å². The zero-order chi connectivity index (χ0) is 18.5. The minimum Gasteiger partial charge on any atom is -0.338 e. The zero-order valence-electron chi connectivity index (χ0n) is 16.4. The largest absolute Gasteiger partial charge is 0.338 e. The van der Waals surface area contributed by atoms with Crippen LogP contribution >= 0.6 is 0 Å². The summed E-state index contributed by atoms with van der Waals surface area (Å²) in [6.07, 6.45) is 6.98. The monoisotopic (exact) mass is 363 g/mol. The summed E-state index contributed by atoms with van der Waals surface area (Å²) in [5.41, 5.74) is 0. The molecule has 2 saturated heterocycles. The van der Waals surface area contributed by atoms with Gasteiger partial charge in [0.05, 0.1) is 6.54 Å². The first-order valence-electron chi connectivity index (χ1n) is 10.1. The molecule has 1 N–H and O–H groups in total. The lowest BCUT2D eigenvalue weighted by atomic mass is 9.86. The predicted molar refractivity (Wildman–Crippen MR) is 99.7 cm³/mol. The van der Waals surface area contributed by atoms with Gasteiger partial charge in [-0.15, -0.1) is 0 Å². The van der Waals surface area contributed by atoms with Crippen molar-refractivity contribution >= 4 is 6.03 Å². The van der Waals surface area contributed by atoms with E-state index in [1.807, 2.05) is 20.8 Å². The second kappa shape index (κ2) is 8.84. The van der Waals surface area contributed by atoms with Gasteiger partial charge in [0, 0.05) is 18.6 Å². The average molecular weight is 364 g/mol. The minimum atomic E-state index is 0.121. The molecule has 1 atom stereocenters. The number of aryl methyl sites for hydroxylation is 1. The Kier molecular flexibility index (Phi) is 6.51. The number of likely N-dealkylation sites (tertiary alicyclic amines) is 2. The zero-order valence-corrected chi connectivity index (χ0v) is 16.4. The molecule has 1 aromatic heterocycles. The van der Waals surface area contributed by atoms with E-state index < -0.39 is 0 Å². The van der Waals surface area contributed by atoms with Crippen molar-refractivity contribution < 1.29 is 9.32 Å². The summed E-state index contributed by atoms with van der Waals surface area (Å²) >= 11 is 0. The van der Waals surface area contributed by atoms with Crippen molar-refractivity contribution in [1.82, 2.24) is 25.3 Å². The van der Waals surface area contributed by atoms with Gasteiger partial charge in [-0.2, -0.15) is 4.98 Å². The molecule has 7 nitrogen and oxygen atoms in total. The van der Waals surface area contributed by atoms with Gasteiger partial charge in [-0.05, 0) is 65.5 Å². The topological polar surface area (TPSA) is 74.5 Å². The van der Waals surface area contributed by atoms with Crippen molar-refractivity contribution in [2.45, 2.75) is 77.9 Å². The van der Waals surface area contributed by atoms with Crippen molar-refractivity contribution in [3.63, 3.8) is 0 Å². The SMILES string of the molecule is Cc1noc(CN2CCC(C3CCCCCN3C(=O)NC(C)C)CC2)n1. The van der Waals surface area contributed by atoms with Crippen molar-refractivity contribution in [3.05, 3.63) is 11.7 Å². The van der Waals surface area contributed by atoms with Gasteiger partial charge in [-0.3, -0.25) is 4.90 Å². The molecular formula is C19H33N5O2. The Balaban J connectivity index is 1.57. The van der Waals surface area contributed by atoms with E-state index in [4.69, 9.17) is 4.52 Å². The van der Waals surface area contributed by atoms with Gasteiger partial charge in [0.25, 0.3) is 0 Å². The second-order valence-electron chi connectivity index (χ2n) is 8.06. The lowest BCUT2D eigenvalue weighted by Crippen LogP contribution is -2.52. The Morgan fingerprint density at radius 3 is 2.62 bits per heavy atom. The Morgan fingerprint density at radius 2 is 1.96 bits per heavy atom. The summed E-state index contributed by atoms with van der Waals surface area (Å²) in [6, 6.07) is 0.686. The summed E-state index contributed by atoms with van der Waals surface area (Å²) < 4.78 is 5.25. The van der Waals surface area contributed by atoms with Crippen LogP contribution in [0.1, 0.15) is 64.1 Å². The molecule has 2 aliphatic rings. The third-order valence-corrected chi connectivity index (χ3v) is 5.58. The number of piperidine rings is 1. The van der Waals surface area contributed by atoms with Gasteiger partial charge in [-0.1, -0.05) is 18.0 Å². The molecule has 0 saturated carbocycles. The fourth-order valence-corrected chi connectivity index (χ4v) is 4.30. The third-order valence-electron chi connectivity index (χ3n) is 5.58. The molecule has 3 heterocycles. The number of carbonyl (C=O) groups is 1. The molecule has 2 fully saturated rings. The van der Waals surface area contributed by atoms with E-state index in [9.17, 15) is 4.79 Å². The van der Waals surface area contributed by atoms with Gasteiger partial charge in [-0.25, -0.2) is 4.79 Å². The molecular weight excluding hydrogens is 330 g/mol. The van der Waals surface area contributed by atoms with Gasteiger partial charge >= 0.3 is 6.03 Å². The molecule has 7 heteroatoms. The fourth-order valence-electron chi connectivity index (χ4n) is 4.30. The minimum absolute atomic E-state index is 0.121. The summed E-state index contributed by atoms with van der Waals surface area (Å²) in [5, 5.41) is 6.97. The van der Waals surface area contributed by atoms with E-state index in [0.717, 1.165) is 51.9 Å². The maximum absolute atomic E-state index is 12.7. The molecule has 0 aliphatic carbocycles. The molecule has 0 aromatic carbocycles. The van der Waals surface area contributed by atoms with Gasteiger partial charge in [0.2, 0.25) is 5.89 Å². The number of nitrogens with zero attached hydrogens (tertiary/aromatic N) is 4. The Morgan fingerprint density at radius 1 is 1.19 bits per heavy atom. The molecule has 1 aromatic rings. The first-order chi connectivity index (χ1) is 12.5. The van der Waals surface area contributed by atoms with E-state index in [2.05, 4.69) is 25.3 Å². The van der Waals surface area contributed by atoms with Crippen LogP contribution in [0.4, 0.5) is 4.79 Å². The third kappa shape index (κ3) is 4.96. The van der Waals surface area contributed by atoms with E-state index in [1.54, 1.807) is 0 Å². The molecule has 3 rings (SSSR count). The van der Waals surface area contributed by atoms with Crippen LogP contribution in [-0.4, -0.2) is 57.7 Å². The van der Waals surface area contributed by atoms with Crippen molar-refractivity contribution in [3.8, 4) is 0 Å². The van der Waals surface area contributed by atoms with Crippen LogP contribution in [0, 0.1) is 12.8 Å². The number of rotatable bonds is 4. The second-order valence-corrected chi connectivity index (χ2v) is 8.06. The maximum atomic E-state index is 12.7. The molecule has 0 spiro atoms. The van der Waals surface area contributed by atoms with E-state index in [1.165, 1.54) is 12.8 Å². The first-order valence-corrected chi connectivity index (χ1v) is 10.1. The number of carbonyl (C=O) groups excluding carboxylic acids is 1. The van der Waals surface area contributed by atoms with Crippen LogP contribution in [0.5, 0.6) is 0 Å². The van der Waals surface area contributed by atoms with Crippen molar-refractivity contribution in [2.24, 2.45) is 5.92 Å². The van der Waals surface area contributed by atoms with Gasteiger partial charge in [0.1, 0.15) is 0 Å². The van der Waals surface area contributed by atoms with Crippen LogP contribution in [0.3, 0.4) is 0 Å². The van der Waals surface area contributed by atoms with Crippen LogP contribution in [0.25, 0.3) is 0 Å². The highest BCUT2D eigenvalue weighted by atomic mass is 16.5. The number of aromatic nitrogens is 2. The average Bonchev–Trinajstić information content (AvgIpc) is 2.86. The molecule has 2 amide bonds.